The van der Waals surface area contributed by atoms with Gasteiger partial charge in [0.25, 0.3) is 0 Å². The number of nitrogens with zero attached hydrogens (tertiary/aromatic N) is 1. The van der Waals surface area contributed by atoms with Gasteiger partial charge >= 0.3 is 0 Å². The molecule has 0 atom stereocenters. The Labute approximate surface area is 347 Å². The molecule has 0 heterocycles. The van der Waals surface area contributed by atoms with E-state index in [9.17, 15) is 0 Å². The standard InChI is InChI=1S/C58H45N/c1-57(2)53-18-9-7-16-49(53)51-32-26-44(36-55(51)57)39-22-28-46(29-23-39)59(48-15-11-14-42(35-48)43-21-20-38-12-5-6-13-41(38)34-43)47-30-24-40(25-31-47)45-27-33-52-50-17-8-10-19-54(50)58(3,4)56(52)37-45/h5-37H,1-4H3. The largest absolute Gasteiger partial charge is 0.310 e. The maximum Gasteiger partial charge on any atom is 0.0467 e. The van der Waals surface area contributed by atoms with E-state index >= 15 is 0 Å². The summed E-state index contributed by atoms with van der Waals surface area (Å²) in [4.78, 5) is 2.39. The van der Waals surface area contributed by atoms with Gasteiger partial charge in [-0.15, -0.1) is 0 Å². The molecule has 0 aliphatic heterocycles. The summed E-state index contributed by atoms with van der Waals surface area (Å²) in [5, 5.41) is 2.50. The van der Waals surface area contributed by atoms with Crippen molar-refractivity contribution in [3.63, 3.8) is 0 Å². The summed E-state index contributed by atoms with van der Waals surface area (Å²) in [5.41, 5.74) is 21.6. The van der Waals surface area contributed by atoms with Crippen LogP contribution in [-0.4, -0.2) is 0 Å². The second kappa shape index (κ2) is 13.3. The van der Waals surface area contributed by atoms with Crippen molar-refractivity contribution < 1.29 is 0 Å². The maximum atomic E-state index is 2.41. The summed E-state index contributed by atoms with van der Waals surface area (Å²) < 4.78 is 0. The third-order valence-electron chi connectivity index (χ3n) is 13.3. The van der Waals surface area contributed by atoms with Crippen LogP contribution in [-0.2, 0) is 10.8 Å². The Morgan fingerprint density at radius 1 is 0.271 bits per heavy atom. The first kappa shape index (κ1) is 35.2. The van der Waals surface area contributed by atoms with Crippen molar-refractivity contribution in [2.75, 3.05) is 4.90 Å². The zero-order valence-corrected chi connectivity index (χ0v) is 34.0. The Bertz CT molecular complexity index is 2940. The first-order valence-electron chi connectivity index (χ1n) is 20.8. The molecule has 0 saturated heterocycles. The van der Waals surface area contributed by atoms with Gasteiger partial charge < -0.3 is 4.90 Å². The fraction of sp³-hybridized carbons (Fsp3) is 0.103. The van der Waals surface area contributed by atoms with Crippen molar-refractivity contribution >= 4 is 27.8 Å². The van der Waals surface area contributed by atoms with Crippen LogP contribution < -0.4 is 4.90 Å². The van der Waals surface area contributed by atoms with Crippen LogP contribution in [0.2, 0.25) is 0 Å². The molecule has 9 aromatic rings. The summed E-state index contributed by atoms with van der Waals surface area (Å²) in [7, 11) is 0. The Morgan fingerprint density at radius 2 is 0.695 bits per heavy atom. The molecule has 0 unspecified atom stereocenters. The molecule has 2 aliphatic rings. The van der Waals surface area contributed by atoms with E-state index in [1.165, 1.54) is 88.7 Å². The van der Waals surface area contributed by atoms with Crippen LogP contribution >= 0.6 is 0 Å². The SMILES string of the molecule is CC1(C)c2ccccc2-c2ccc(-c3ccc(N(c4ccc(-c5ccc6c(c5)C(C)(C)c5ccccc5-6)cc4)c4cccc(-c5ccc6ccccc6c5)c4)cc3)cc21. The summed E-state index contributed by atoms with van der Waals surface area (Å²) >= 11 is 0. The molecule has 282 valence electrons. The highest BCUT2D eigenvalue weighted by Crippen LogP contribution is 2.51. The third-order valence-corrected chi connectivity index (χ3v) is 13.3. The number of anilines is 3. The second-order valence-corrected chi connectivity index (χ2v) is 17.4. The van der Waals surface area contributed by atoms with Crippen molar-refractivity contribution in [1.82, 2.24) is 0 Å². The van der Waals surface area contributed by atoms with Gasteiger partial charge in [0, 0.05) is 27.9 Å². The second-order valence-electron chi connectivity index (χ2n) is 17.4. The molecule has 59 heavy (non-hydrogen) atoms. The third kappa shape index (κ3) is 5.68. The van der Waals surface area contributed by atoms with Crippen LogP contribution in [0.5, 0.6) is 0 Å². The van der Waals surface area contributed by atoms with Gasteiger partial charge in [-0.2, -0.15) is 0 Å². The molecule has 0 amide bonds. The number of hydrogen-bond acceptors (Lipinski definition) is 1. The molecule has 1 nitrogen and oxygen atoms in total. The lowest BCUT2D eigenvalue weighted by molar-refractivity contribution is 0.660. The molecule has 0 radical (unpaired) electrons. The van der Waals surface area contributed by atoms with E-state index in [4.69, 9.17) is 0 Å². The minimum Gasteiger partial charge on any atom is -0.310 e. The quantitative estimate of drug-likeness (QED) is 0.163. The predicted molar refractivity (Wildman–Crippen MR) is 250 cm³/mol. The van der Waals surface area contributed by atoms with Gasteiger partial charge in [-0.1, -0.05) is 173 Å². The van der Waals surface area contributed by atoms with Crippen LogP contribution in [0.25, 0.3) is 66.4 Å². The maximum absolute atomic E-state index is 2.41. The highest BCUT2D eigenvalue weighted by Gasteiger charge is 2.36. The fourth-order valence-corrected chi connectivity index (χ4v) is 10.0. The Kier molecular flexibility index (Phi) is 7.94. The minimum absolute atomic E-state index is 0.0398. The average Bonchev–Trinajstić information content (AvgIpc) is 3.66. The highest BCUT2D eigenvalue weighted by atomic mass is 15.1. The first-order chi connectivity index (χ1) is 28.7. The van der Waals surface area contributed by atoms with Gasteiger partial charge in [0.05, 0.1) is 0 Å². The van der Waals surface area contributed by atoms with Gasteiger partial charge in [0.1, 0.15) is 0 Å². The van der Waals surface area contributed by atoms with Crippen LogP contribution in [0.15, 0.2) is 200 Å². The monoisotopic (exact) mass is 755 g/mol. The molecule has 0 spiro atoms. The molecular formula is C58H45N. The van der Waals surface area contributed by atoms with E-state index in [2.05, 4.69) is 233 Å². The molecular weight excluding hydrogens is 711 g/mol. The van der Waals surface area contributed by atoms with Crippen LogP contribution in [0, 0.1) is 0 Å². The summed E-state index contributed by atoms with van der Waals surface area (Å²) in [6.45, 7) is 9.40. The normalized spacial score (nSPS) is 14.0. The molecule has 0 N–H and O–H groups in total. The molecule has 0 aromatic heterocycles. The van der Waals surface area contributed by atoms with E-state index in [1.54, 1.807) is 0 Å². The smallest absolute Gasteiger partial charge is 0.0467 e. The topological polar surface area (TPSA) is 3.24 Å². The van der Waals surface area contributed by atoms with Gasteiger partial charge in [-0.3, -0.25) is 0 Å². The zero-order valence-electron chi connectivity index (χ0n) is 34.0. The van der Waals surface area contributed by atoms with Crippen molar-refractivity contribution in [3.8, 4) is 55.6 Å². The Hall–Kier alpha value is -6.96. The summed E-state index contributed by atoms with van der Waals surface area (Å²) in [6, 6.07) is 74.3. The van der Waals surface area contributed by atoms with Gasteiger partial charge in [-0.05, 0) is 143 Å². The molecule has 1 heteroatoms. The summed E-state index contributed by atoms with van der Waals surface area (Å²) in [6.07, 6.45) is 0. The lowest BCUT2D eigenvalue weighted by Crippen LogP contribution is -2.14. The molecule has 0 fully saturated rings. The van der Waals surface area contributed by atoms with Crippen LogP contribution in [0.1, 0.15) is 49.9 Å². The molecule has 2 aliphatic carbocycles. The van der Waals surface area contributed by atoms with E-state index in [0.717, 1.165) is 17.1 Å². The average molecular weight is 756 g/mol. The van der Waals surface area contributed by atoms with E-state index in [0.29, 0.717) is 0 Å². The Morgan fingerprint density at radius 3 is 1.25 bits per heavy atom. The fourth-order valence-electron chi connectivity index (χ4n) is 10.0. The lowest BCUT2D eigenvalue weighted by Gasteiger charge is -2.27. The first-order valence-corrected chi connectivity index (χ1v) is 20.8. The van der Waals surface area contributed by atoms with Gasteiger partial charge in [0.15, 0.2) is 0 Å². The van der Waals surface area contributed by atoms with Crippen molar-refractivity contribution in [2.24, 2.45) is 0 Å². The van der Waals surface area contributed by atoms with Gasteiger partial charge in [-0.25, -0.2) is 0 Å². The number of fused-ring (bicyclic) bond motifs is 7. The van der Waals surface area contributed by atoms with Crippen molar-refractivity contribution in [1.29, 1.82) is 0 Å². The summed E-state index contributed by atoms with van der Waals surface area (Å²) in [5.74, 6) is 0. The molecule has 0 bridgehead atoms. The lowest BCUT2D eigenvalue weighted by atomic mass is 9.81. The minimum atomic E-state index is -0.0398. The highest BCUT2D eigenvalue weighted by molar-refractivity contribution is 5.90. The molecule has 0 saturated carbocycles. The number of rotatable bonds is 6. The van der Waals surface area contributed by atoms with Crippen molar-refractivity contribution in [2.45, 2.75) is 38.5 Å². The van der Waals surface area contributed by atoms with Crippen molar-refractivity contribution in [3.05, 3.63) is 222 Å². The van der Waals surface area contributed by atoms with E-state index in [1.807, 2.05) is 0 Å². The Balaban J connectivity index is 0.974. The zero-order chi connectivity index (χ0) is 39.9. The van der Waals surface area contributed by atoms with Crippen LogP contribution in [0.3, 0.4) is 0 Å². The molecule has 11 rings (SSSR count). The predicted octanol–water partition coefficient (Wildman–Crippen LogP) is 15.9. The number of benzene rings is 9. The molecule has 9 aromatic carbocycles. The van der Waals surface area contributed by atoms with Gasteiger partial charge in [0.2, 0.25) is 0 Å². The van der Waals surface area contributed by atoms with Crippen LogP contribution in [0.4, 0.5) is 17.1 Å². The number of hydrogen-bond donors (Lipinski definition) is 0. The van der Waals surface area contributed by atoms with E-state index in [-0.39, 0.29) is 10.8 Å². The van der Waals surface area contributed by atoms with E-state index < -0.39 is 0 Å².